The van der Waals surface area contributed by atoms with E-state index < -0.39 is 0 Å². The lowest BCUT2D eigenvalue weighted by atomic mass is 10.2. The molecular formula is C13H12ClNO. The molecule has 2 nitrogen and oxygen atoms in total. The normalized spacial score (nSPS) is 10.1. The summed E-state index contributed by atoms with van der Waals surface area (Å²) in [7, 11) is 0. The molecule has 0 atom stereocenters. The Kier molecular flexibility index (Phi) is 3.02. The van der Waals surface area contributed by atoms with Gasteiger partial charge in [-0.05, 0) is 55.0 Å². The van der Waals surface area contributed by atoms with Gasteiger partial charge < -0.3 is 10.5 Å². The molecule has 0 unspecified atom stereocenters. The third kappa shape index (κ3) is 2.47. The summed E-state index contributed by atoms with van der Waals surface area (Å²) in [6, 6.07) is 12.8. The van der Waals surface area contributed by atoms with Gasteiger partial charge in [0.2, 0.25) is 0 Å². The number of aryl methyl sites for hydroxylation is 1. The quantitative estimate of drug-likeness (QED) is 0.795. The fraction of sp³-hybridized carbons (Fsp3) is 0.0769. The summed E-state index contributed by atoms with van der Waals surface area (Å²) in [5.41, 5.74) is 7.32. The van der Waals surface area contributed by atoms with Crippen LogP contribution in [0.1, 0.15) is 5.56 Å². The zero-order valence-electron chi connectivity index (χ0n) is 8.91. The van der Waals surface area contributed by atoms with E-state index in [9.17, 15) is 0 Å². The van der Waals surface area contributed by atoms with Gasteiger partial charge in [0, 0.05) is 10.7 Å². The molecule has 0 heterocycles. The van der Waals surface area contributed by atoms with E-state index in [1.807, 2.05) is 31.2 Å². The van der Waals surface area contributed by atoms with Crippen molar-refractivity contribution in [1.82, 2.24) is 0 Å². The lowest BCUT2D eigenvalue weighted by Crippen LogP contribution is -1.88. The Hall–Kier alpha value is -1.67. The molecule has 2 aromatic rings. The van der Waals surface area contributed by atoms with Gasteiger partial charge in [-0.15, -0.1) is 0 Å². The molecule has 0 aliphatic rings. The number of hydrogen-bond acceptors (Lipinski definition) is 2. The van der Waals surface area contributed by atoms with E-state index in [4.69, 9.17) is 22.1 Å². The van der Waals surface area contributed by atoms with Gasteiger partial charge in [-0.3, -0.25) is 0 Å². The molecule has 2 N–H and O–H groups in total. The van der Waals surface area contributed by atoms with Crippen molar-refractivity contribution in [3.63, 3.8) is 0 Å². The Morgan fingerprint density at radius 1 is 1.06 bits per heavy atom. The Morgan fingerprint density at radius 3 is 2.38 bits per heavy atom. The van der Waals surface area contributed by atoms with E-state index in [-0.39, 0.29) is 0 Å². The summed E-state index contributed by atoms with van der Waals surface area (Å²) >= 11 is 5.87. The first-order chi connectivity index (χ1) is 7.65. The second-order valence-electron chi connectivity index (χ2n) is 3.58. The van der Waals surface area contributed by atoms with Crippen molar-refractivity contribution in [3.8, 4) is 11.5 Å². The van der Waals surface area contributed by atoms with Crippen LogP contribution in [0.5, 0.6) is 11.5 Å². The predicted molar refractivity (Wildman–Crippen MR) is 67.1 cm³/mol. The number of nitrogens with two attached hydrogens (primary N) is 1. The smallest absolute Gasteiger partial charge is 0.130 e. The second kappa shape index (κ2) is 4.45. The topological polar surface area (TPSA) is 35.2 Å². The molecule has 0 amide bonds. The Balaban J connectivity index is 2.23. The van der Waals surface area contributed by atoms with Crippen molar-refractivity contribution in [2.75, 3.05) is 5.73 Å². The van der Waals surface area contributed by atoms with Gasteiger partial charge in [0.25, 0.3) is 0 Å². The molecule has 0 saturated carbocycles. The molecule has 16 heavy (non-hydrogen) atoms. The molecule has 0 bridgehead atoms. The van der Waals surface area contributed by atoms with E-state index >= 15 is 0 Å². The van der Waals surface area contributed by atoms with Gasteiger partial charge in [0.05, 0.1) is 0 Å². The zero-order chi connectivity index (χ0) is 11.5. The van der Waals surface area contributed by atoms with Gasteiger partial charge in [-0.1, -0.05) is 11.6 Å². The summed E-state index contributed by atoms with van der Waals surface area (Å²) in [6.07, 6.45) is 0. The highest BCUT2D eigenvalue weighted by atomic mass is 35.5. The lowest BCUT2D eigenvalue weighted by Gasteiger charge is -2.08. The van der Waals surface area contributed by atoms with Crippen LogP contribution in [0.25, 0.3) is 0 Å². The van der Waals surface area contributed by atoms with Crippen LogP contribution in [0.2, 0.25) is 5.02 Å². The van der Waals surface area contributed by atoms with E-state index in [1.165, 1.54) is 0 Å². The summed E-state index contributed by atoms with van der Waals surface area (Å²) < 4.78 is 5.70. The molecule has 2 aromatic carbocycles. The van der Waals surface area contributed by atoms with Crippen molar-refractivity contribution in [2.24, 2.45) is 0 Å². The number of ether oxygens (including phenoxy) is 1. The van der Waals surface area contributed by atoms with Crippen LogP contribution in [-0.2, 0) is 0 Å². The molecule has 2 rings (SSSR count). The molecule has 3 heteroatoms. The lowest BCUT2D eigenvalue weighted by molar-refractivity contribution is 0.479. The number of benzene rings is 2. The molecule has 0 spiro atoms. The van der Waals surface area contributed by atoms with Gasteiger partial charge in [0.15, 0.2) is 0 Å². The zero-order valence-corrected chi connectivity index (χ0v) is 9.66. The molecule has 0 fully saturated rings. The van der Waals surface area contributed by atoms with Crippen LogP contribution in [0.15, 0.2) is 42.5 Å². The SMILES string of the molecule is Cc1cc(Cl)ccc1Oc1ccc(N)cc1. The van der Waals surface area contributed by atoms with E-state index in [1.54, 1.807) is 18.2 Å². The van der Waals surface area contributed by atoms with Crippen molar-refractivity contribution < 1.29 is 4.74 Å². The first kappa shape index (κ1) is 10.8. The van der Waals surface area contributed by atoms with Crippen LogP contribution < -0.4 is 10.5 Å². The summed E-state index contributed by atoms with van der Waals surface area (Å²) in [5, 5.41) is 0.710. The molecule has 0 aromatic heterocycles. The largest absolute Gasteiger partial charge is 0.457 e. The van der Waals surface area contributed by atoms with Crippen molar-refractivity contribution in [1.29, 1.82) is 0 Å². The fourth-order valence-corrected chi connectivity index (χ4v) is 1.62. The maximum Gasteiger partial charge on any atom is 0.130 e. The number of halogens is 1. The average Bonchev–Trinajstić information content (AvgIpc) is 2.25. The third-order valence-electron chi connectivity index (χ3n) is 2.24. The van der Waals surface area contributed by atoms with Crippen LogP contribution in [-0.4, -0.2) is 0 Å². The van der Waals surface area contributed by atoms with Gasteiger partial charge in [-0.25, -0.2) is 0 Å². The van der Waals surface area contributed by atoms with E-state index in [2.05, 4.69) is 0 Å². The summed E-state index contributed by atoms with van der Waals surface area (Å²) in [4.78, 5) is 0. The Labute approximate surface area is 99.6 Å². The van der Waals surface area contributed by atoms with Gasteiger partial charge >= 0.3 is 0 Å². The van der Waals surface area contributed by atoms with Crippen LogP contribution >= 0.6 is 11.6 Å². The molecule has 0 radical (unpaired) electrons. The van der Waals surface area contributed by atoms with E-state index in [0.29, 0.717) is 5.02 Å². The highest BCUT2D eigenvalue weighted by molar-refractivity contribution is 6.30. The van der Waals surface area contributed by atoms with Crippen LogP contribution in [0.3, 0.4) is 0 Å². The standard InChI is InChI=1S/C13H12ClNO/c1-9-8-10(14)2-7-13(9)16-12-5-3-11(15)4-6-12/h2-8H,15H2,1H3. The number of nitrogen functional groups attached to an aromatic ring is 1. The maximum atomic E-state index is 5.87. The first-order valence-corrected chi connectivity index (χ1v) is 5.32. The second-order valence-corrected chi connectivity index (χ2v) is 4.02. The molecule has 0 aliphatic carbocycles. The molecule has 0 saturated heterocycles. The fourth-order valence-electron chi connectivity index (χ4n) is 1.39. The maximum absolute atomic E-state index is 5.87. The van der Waals surface area contributed by atoms with Gasteiger partial charge in [0.1, 0.15) is 11.5 Å². The van der Waals surface area contributed by atoms with Crippen molar-refractivity contribution in [3.05, 3.63) is 53.1 Å². The van der Waals surface area contributed by atoms with Crippen molar-refractivity contribution in [2.45, 2.75) is 6.92 Å². The van der Waals surface area contributed by atoms with Crippen LogP contribution in [0, 0.1) is 6.92 Å². The third-order valence-corrected chi connectivity index (χ3v) is 2.48. The van der Waals surface area contributed by atoms with Crippen molar-refractivity contribution >= 4 is 17.3 Å². The number of rotatable bonds is 2. The van der Waals surface area contributed by atoms with Gasteiger partial charge in [-0.2, -0.15) is 0 Å². The highest BCUT2D eigenvalue weighted by Crippen LogP contribution is 2.27. The minimum Gasteiger partial charge on any atom is -0.457 e. The summed E-state index contributed by atoms with van der Waals surface area (Å²) in [6.45, 7) is 1.96. The van der Waals surface area contributed by atoms with Crippen LogP contribution in [0.4, 0.5) is 5.69 Å². The average molecular weight is 234 g/mol. The minimum absolute atomic E-state index is 0.710. The number of anilines is 1. The predicted octanol–water partition coefficient (Wildman–Crippen LogP) is 4.02. The Morgan fingerprint density at radius 2 is 1.75 bits per heavy atom. The van der Waals surface area contributed by atoms with E-state index in [0.717, 1.165) is 22.7 Å². The first-order valence-electron chi connectivity index (χ1n) is 4.95. The monoisotopic (exact) mass is 233 g/mol. The molecule has 0 aliphatic heterocycles. The number of hydrogen-bond donors (Lipinski definition) is 1. The highest BCUT2D eigenvalue weighted by Gasteiger charge is 2.01. The Bertz CT molecular complexity index is 494. The minimum atomic E-state index is 0.710. The molecular weight excluding hydrogens is 222 g/mol. The summed E-state index contributed by atoms with van der Waals surface area (Å²) in [5.74, 6) is 1.56. The molecule has 82 valence electrons.